The molecule has 0 radical (unpaired) electrons. The van der Waals surface area contributed by atoms with Crippen molar-refractivity contribution in [2.75, 3.05) is 4.90 Å². The zero-order valence-corrected chi connectivity index (χ0v) is 22.3. The van der Waals surface area contributed by atoms with Crippen molar-refractivity contribution < 1.29 is 24.2 Å². The second-order valence-corrected chi connectivity index (χ2v) is 12.1. The number of halogens is 1. The van der Waals surface area contributed by atoms with Crippen molar-refractivity contribution in [3.05, 3.63) is 76.3 Å². The number of ether oxygens (including phenoxy) is 1. The second kappa shape index (κ2) is 8.81. The van der Waals surface area contributed by atoms with Gasteiger partial charge in [-0.15, -0.1) is 0 Å². The number of rotatable bonds is 2. The first-order valence-electron chi connectivity index (χ1n) is 12.7. The van der Waals surface area contributed by atoms with Gasteiger partial charge in [0, 0.05) is 23.3 Å². The fourth-order valence-corrected chi connectivity index (χ4v) is 6.91. The van der Waals surface area contributed by atoms with Crippen molar-refractivity contribution in [3.63, 3.8) is 0 Å². The molecule has 4 atom stereocenters. The molecule has 37 heavy (non-hydrogen) atoms. The molecule has 0 unspecified atom stereocenters. The van der Waals surface area contributed by atoms with Gasteiger partial charge in [0.15, 0.2) is 5.78 Å². The summed E-state index contributed by atoms with van der Waals surface area (Å²) in [6, 6.07) is 14.5. The van der Waals surface area contributed by atoms with E-state index in [1.165, 1.54) is 0 Å². The van der Waals surface area contributed by atoms with Crippen LogP contribution in [0.5, 0.6) is 0 Å². The molecule has 0 aromatic heterocycles. The van der Waals surface area contributed by atoms with Crippen molar-refractivity contribution in [3.8, 4) is 0 Å². The van der Waals surface area contributed by atoms with Gasteiger partial charge in [0.05, 0.1) is 16.7 Å². The van der Waals surface area contributed by atoms with E-state index < -0.39 is 40.5 Å². The molecule has 0 bridgehead atoms. The number of hydrogen-bond acceptors (Lipinski definition) is 5. The summed E-state index contributed by atoms with van der Waals surface area (Å²) < 4.78 is 5.65. The maximum absolute atomic E-state index is 14.6. The molecule has 1 aliphatic heterocycles. The molecule has 194 valence electrons. The smallest absolute Gasteiger partial charge is 0.421 e. The lowest BCUT2D eigenvalue weighted by molar-refractivity contribution is -0.124. The van der Waals surface area contributed by atoms with Crippen LogP contribution in [0.15, 0.2) is 60.2 Å². The average Bonchev–Trinajstić information content (AvgIpc) is 3.20. The summed E-state index contributed by atoms with van der Waals surface area (Å²) >= 11 is 6.43. The van der Waals surface area contributed by atoms with Gasteiger partial charge in [-0.1, -0.05) is 47.5 Å². The lowest BCUT2D eigenvalue weighted by atomic mass is 9.66. The maximum Gasteiger partial charge on any atom is 0.421 e. The Balaban J connectivity index is 1.76. The highest BCUT2D eigenvalue weighted by Crippen LogP contribution is 2.65. The van der Waals surface area contributed by atoms with E-state index in [9.17, 15) is 19.5 Å². The van der Waals surface area contributed by atoms with Crippen LogP contribution in [-0.2, 0) is 19.7 Å². The van der Waals surface area contributed by atoms with Gasteiger partial charge in [0.2, 0.25) is 5.91 Å². The Bertz CT molecular complexity index is 1320. The average molecular weight is 522 g/mol. The minimum Gasteiger partial charge on any atom is -0.443 e. The predicted octanol–water partition coefficient (Wildman–Crippen LogP) is 6.09. The van der Waals surface area contributed by atoms with E-state index in [4.69, 9.17) is 16.3 Å². The van der Waals surface area contributed by atoms with E-state index in [0.717, 1.165) is 16.0 Å². The molecule has 1 spiro atoms. The first-order chi connectivity index (χ1) is 17.3. The lowest BCUT2D eigenvalue weighted by Gasteiger charge is -2.36. The van der Waals surface area contributed by atoms with Gasteiger partial charge in [-0.3, -0.25) is 9.59 Å². The normalized spacial score (nSPS) is 29.5. The zero-order chi connectivity index (χ0) is 26.8. The number of allylic oxidation sites excluding steroid dienone is 1. The van der Waals surface area contributed by atoms with E-state index >= 15 is 0 Å². The number of carbonyl (C=O) groups excluding carboxylic acids is 3. The number of para-hydroxylation sites is 1. The number of amides is 2. The fraction of sp³-hybridized carbons (Fsp3) is 0.433. The molecule has 2 aromatic rings. The summed E-state index contributed by atoms with van der Waals surface area (Å²) in [5.41, 5.74) is -0.643. The molecule has 1 saturated carbocycles. The minimum absolute atomic E-state index is 0.0244. The number of aliphatic hydroxyl groups is 1. The molecule has 0 saturated heterocycles. The van der Waals surface area contributed by atoms with Crippen LogP contribution in [0.3, 0.4) is 0 Å². The fourth-order valence-electron chi connectivity index (χ4n) is 6.71. The van der Waals surface area contributed by atoms with Crippen molar-refractivity contribution in [1.29, 1.82) is 0 Å². The van der Waals surface area contributed by atoms with Gasteiger partial charge in [0.1, 0.15) is 5.60 Å². The molecule has 2 aromatic carbocycles. The highest BCUT2D eigenvalue weighted by atomic mass is 35.5. The van der Waals surface area contributed by atoms with Crippen LogP contribution in [0, 0.1) is 5.92 Å². The second-order valence-electron chi connectivity index (χ2n) is 11.7. The molecule has 1 fully saturated rings. The van der Waals surface area contributed by atoms with Gasteiger partial charge in [-0.25, -0.2) is 9.69 Å². The van der Waals surface area contributed by atoms with E-state index in [1.54, 1.807) is 52.0 Å². The quantitative estimate of drug-likeness (QED) is 0.516. The van der Waals surface area contributed by atoms with Gasteiger partial charge < -0.3 is 9.84 Å². The van der Waals surface area contributed by atoms with Gasteiger partial charge in [-0.05, 0) is 82.4 Å². The van der Waals surface area contributed by atoms with Crippen LogP contribution in [0.4, 0.5) is 10.5 Å². The van der Waals surface area contributed by atoms with Crippen LogP contribution in [0.1, 0.15) is 70.4 Å². The molecule has 3 aliphatic rings. The maximum atomic E-state index is 14.6. The summed E-state index contributed by atoms with van der Waals surface area (Å²) in [5, 5.41) is 12.5. The molecule has 1 N–H and O–H groups in total. The molecule has 2 amide bonds. The van der Waals surface area contributed by atoms with E-state index in [2.05, 4.69) is 0 Å². The summed E-state index contributed by atoms with van der Waals surface area (Å²) in [6.07, 6.45) is 2.81. The third-order valence-corrected chi connectivity index (χ3v) is 8.03. The standard InChI is InChI=1S/C30H32ClNO5/c1-28(2,3)37-27(35)32-23-14-6-5-13-22(23)30(26(32)34)17-29(4,36)24(19-10-8-12-21(33)16-19)25(30)18-9-7-11-20(31)15-18/h5-7,9,11,13-16,24-25,36H,8,10,12,17H2,1-4H3/t24-,25-,29+,30-/m1/s1. The van der Waals surface area contributed by atoms with Gasteiger partial charge in [-0.2, -0.15) is 0 Å². The molecule has 2 aliphatic carbocycles. The first kappa shape index (κ1) is 25.7. The van der Waals surface area contributed by atoms with Gasteiger partial charge >= 0.3 is 6.09 Å². The van der Waals surface area contributed by atoms with Crippen LogP contribution in [0.25, 0.3) is 0 Å². The number of imide groups is 1. The Labute approximate surface area is 222 Å². The Morgan fingerprint density at radius 2 is 1.81 bits per heavy atom. The summed E-state index contributed by atoms with van der Waals surface area (Å²) in [7, 11) is 0. The van der Waals surface area contributed by atoms with Crippen LogP contribution < -0.4 is 4.90 Å². The zero-order valence-electron chi connectivity index (χ0n) is 21.6. The molecule has 6 nitrogen and oxygen atoms in total. The van der Waals surface area contributed by atoms with Crippen molar-refractivity contribution in [2.45, 2.75) is 75.9 Å². The number of hydrogen-bond donors (Lipinski definition) is 1. The number of anilines is 1. The highest BCUT2D eigenvalue weighted by Gasteiger charge is 2.68. The van der Waals surface area contributed by atoms with Gasteiger partial charge in [0.25, 0.3) is 0 Å². The minimum atomic E-state index is -1.33. The Kier molecular flexibility index (Phi) is 6.12. The molecule has 1 heterocycles. The highest BCUT2D eigenvalue weighted by molar-refractivity contribution is 6.30. The number of fused-ring (bicyclic) bond motifs is 2. The van der Waals surface area contributed by atoms with E-state index in [-0.39, 0.29) is 12.2 Å². The summed E-state index contributed by atoms with van der Waals surface area (Å²) in [4.78, 5) is 41.6. The van der Waals surface area contributed by atoms with Crippen LogP contribution in [-0.4, -0.2) is 34.1 Å². The first-order valence-corrected chi connectivity index (χ1v) is 13.1. The number of carbonyl (C=O) groups is 3. The number of benzene rings is 2. The van der Waals surface area contributed by atoms with Crippen molar-refractivity contribution in [2.24, 2.45) is 5.92 Å². The molecule has 5 rings (SSSR count). The Morgan fingerprint density at radius 1 is 1.08 bits per heavy atom. The Morgan fingerprint density at radius 3 is 2.49 bits per heavy atom. The SMILES string of the molecule is CC(C)(C)OC(=O)N1C(=O)[C@]2(C[C@](C)(O)[C@H](C3=CC(=O)CCC3)[C@H]2c2cccc(Cl)c2)c2ccccc21. The third-order valence-electron chi connectivity index (χ3n) is 7.80. The van der Waals surface area contributed by atoms with Crippen LogP contribution >= 0.6 is 11.6 Å². The lowest BCUT2D eigenvalue weighted by Crippen LogP contribution is -2.47. The third kappa shape index (κ3) is 4.20. The summed E-state index contributed by atoms with van der Waals surface area (Å²) in [5.74, 6) is -1.49. The molecular formula is C30H32ClNO5. The number of nitrogens with zero attached hydrogens (tertiary/aromatic N) is 1. The van der Waals surface area contributed by atoms with E-state index in [0.29, 0.717) is 35.5 Å². The van der Waals surface area contributed by atoms with Crippen molar-refractivity contribution >= 4 is 35.1 Å². The monoisotopic (exact) mass is 521 g/mol. The largest absolute Gasteiger partial charge is 0.443 e. The van der Waals surface area contributed by atoms with Crippen LogP contribution in [0.2, 0.25) is 5.02 Å². The Hall–Kier alpha value is -2.96. The topological polar surface area (TPSA) is 83.9 Å². The molecular weight excluding hydrogens is 490 g/mol. The number of ketones is 1. The molecule has 7 heteroatoms. The predicted molar refractivity (Wildman–Crippen MR) is 142 cm³/mol. The van der Waals surface area contributed by atoms with Crippen molar-refractivity contribution in [1.82, 2.24) is 0 Å². The summed E-state index contributed by atoms with van der Waals surface area (Å²) in [6.45, 7) is 7.00. The van der Waals surface area contributed by atoms with E-state index in [1.807, 2.05) is 30.3 Å².